The molecule has 5 aliphatic rings. The van der Waals surface area contributed by atoms with Crippen LogP contribution in [0.5, 0.6) is 5.75 Å². The number of fused-ring (bicyclic) bond motifs is 2. The Morgan fingerprint density at radius 1 is 1.23 bits per heavy atom. The molecule has 3 aromatic rings. The number of aromatic nitrogens is 1. The third kappa shape index (κ3) is 5.67. The van der Waals surface area contributed by atoms with Crippen molar-refractivity contribution in [1.29, 1.82) is 0 Å². The average molecular weight is 805 g/mol. The Bertz CT molecular complexity index is 2070. The summed E-state index contributed by atoms with van der Waals surface area (Å²) in [5.74, 6) is -0.0918. The number of pyridine rings is 1. The molecule has 1 unspecified atom stereocenters. The second kappa shape index (κ2) is 11.5. The Hall–Kier alpha value is -2.64. The van der Waals surface area contributed by atoms with Crippen molar-refractivity contribution in [2.45, 2.75) is 47.5 Å². The van der Waals surface area contributed by atoms with E-state index in [1.807, 2.05) is 12.1 Å². The maximum absolute atomic E-state index is 15.1. The molecule has 2 aromatic carbocycles. The molecule has 0 spiro atoms. The van der Waals surface area contributed by atoms with Gasteiger partial charge in [0, 0.05) is 5.22 Å². The van der Waals surface area contributed by atoms with Gasteiger partial charge < -0.3 is 0 Å². The molecule has 1 amide bonds. The van der Waals surface area contributed by atoms with Crippen molar-refractivity contribution in [2.75, 3.05) is 17.6 Å². The van der Waals surface area contributed by atoms with E-state index < -0.39 is 22.7 Å². The molecule has 1 aromatic heterocycles. The van der Waals surface area contributed by atoms with Crippen LogP contribution in [0.3, 0.4) is 0 Å². The molecule has 1 saturated heterocycles. The molecule has 7 nitrogen and oxygen atoms in total. The molecule has 4 N–H and O–H groups in total. The van der Waals surface area contributed by atoms with Gasteiger partial charge in [0.25, 0.3) is 0 Å². The van der Waals surface area contributed by atoms with Gasteiger partial charge in [0.15, 0.2) is 0 Å². The molecule has 12 heteroatoms. The normalized spacial score (nSPS) is 24.6. The Balaban J connectivity index is 1.17. The fourth-order valence-corrected chi connectivity index (χ4v) is 8.74. The summed E-state index contributed by atoms with van der Waals surface area (Å²) in [7, 11) is 0. The van der Waals surface area contributed by atoms with Crippen LogP contribution in [-0.2, 0) is 15.8 Å². The first-order valence-electron chi connectivity index (χ1n) is 15.6. The second-order valence-electron chi connectivity index (χ2n) is 13.3. The van der Waals surface area contributed by atoms with Gasteiger partial charge in [-0.3, -0.25) is 0 Å². The Kier molecular flexibility index (Phi) is 7.72. The molecule has 8 rings (SSSR count). The molecule has 3 fully saturated rings. The Morgan fingerprint density at radius 3 is 2.68 bits per heavy atom. The topological polar surface area (TPSA) is 110 Å². The predicted molar refractivity (Wildman–Crippen MR) is 178 cm³/mol. The summed E-state index contributed by atoms with van der Waals surface area (Å²) < 4.78 is 22.3. The number of amides is 1. The molecule has 4 heterocycles. The van der Waals surface area contributed by atoms with Gasteiger partial charge in [-0.05, 0) is 37.0 Å². The SMILES string of the molecule is C[C@]1(C(N)=O)COc2c1cc([C@@](O)(CNC(=S)c1cc(Cl)c3c(c1)=CC(=CC1CC1)N=3)C1CC1)nc2-c1cc(Cl)c(F)c(C2C[I-]2)c1. The molecular formula is C35H31Cl2FIN4O3S-. The number of aliphatic hydroxyl groups is 1. The van der Waals surface area contributed by atoms with Crippen molar-refractivity contribution in [3.63, 3.8) is 0 Å². The Labute approximate surface area is 296 Å². The van der Waals surface area contributed by atoms with Crippen LogP contribution < -0.4 is 47.6 Å². The summed E-state index contributed by atoms with van der Waals surface area (Å²) >= 11 is 18.8. The van der Waals surface area contributed by atoms with E-state index in [-0.39, 0.29) is 49.2 Å². The summed E-state index contributed by atoms with van der Waals surface area (Å²) in [5, 5.41) is 17.9. The number of carbonyl (C=O) groups is 1. The first-order chi connectivity index (χ1) is 22.4. The zero-order valence-electron chi connectivity index (χ0n) is 25.4. The number of benzene rings is 2. The summed E-state index contributed by atoms with van der Waals surface area (Å²) in [4.78, 5) is 22.9. The van der Waals surface area contributed by atoms with Crippen molar-refractivity contribution in [1.82, 2.24) is 10.3 Å². The van der Waals surface area contributed by atoms with E-state index in [0.29, 0.717) is 49.8 Å². The van der Waals surface area contributed by atoms with Gasteiger partial charge in [-0.25, -0.2) is 4.99 Å². The number of nitrogens with zero attached hydrogens (tertiary/aromatic N) is 2. The van der Waals surface area contributed by atoms with Crippen LogP contribution in [0.1, 0.15) is 58.9 Å². The van der Waals surface area contributed by atoms with Crippen molar-refractivity contribution in [3.8, 4) is 17.0 Å². The van der Waals surface area contributed by atoms with Crippen molar-refractivity contribution in [2.24, 2.45) is 22.6 Å². The van der Waals surface area contributed by atoms with Crippen LogP contribution in [0.25, 0.3) is 17.3 Å². The molecule has 244 valence electrons. The van der Waals surface area contributed by atoms with Crippen LogP contribution in [0.2, 0.25) is 10.0 Å². The van der Waals surface area contributed by atoms with Crippen molar-refractivity contribution in [3.05, 3.63) is 90.9 Å². The van der Waals surface area contributed by atoms with Crippen molar-refractivity contribution >= 4 is 52.4 Å². The summed E-state index contributed by atoms with van der Waals surface area (Å²) in [6, 6.07) is 8.80. The zero-order chi connectivity index (χ0) is 32.8. The maximum atomic E-state index is 15.1. The number of hydrogen-bond acceptors (Lipinski definition) is 6. The van der Waals surface area contributed by atoms with Crippen LogP contribution in [0.4, 0.5) is 4.39 Å². The molecular weight excluding hydrogens is 773 g/mol. The number of primary amides is 1. The number of nitrogens with one attached hydrogen (secondary N) is 1. The number of hydrogen-bond donors (Lipinski definition) is 3. The summed E-state index contributed by atoms with van der Waals surface area (Å²) in [6.07, 6.45) is 8.17. The van der Waals surface area contributed by atoms with Crippen LogP contribution in [0.15, 0.2) is 47.1 Å². The molecule has 47 heavy (non-hydrogen) atoms. The minimum atomic E-state index is -1.45. The van der Waals surface area contributed by atoms with Gasteiger partial charge in [-0.1, -0.05) is 17.7 Å². The first-order valence-corrected chi connectivity index (χ1v) is 19.6. The fourth-order valence-electron chi connectivity index (χ4n) is 6.40. The summed E-state index contributed by atoms with van der Waals surface area (Å²) in [6.45, 7) is 1.81. The number of nitrogens with two attached hydrogens (primary N) is 1. The Morgan fingerprint density at radius 2 is 2.00 bits per heavy atom. The van der Waals surface area contributed by atoms with E-state index in [1.54, 1.807) is 25.1 Å². The van der Waals surface area contributed by atoms with E-state index >= 15 is 4.39 Å². The quantitative estimate of drug-likeness (QED) is 0.173. The average Bonchev–Trinajstić information content (AvgIpc) is 3.92. The van der Waals surface area contributed by atoms with E-state index in [0.717, 1.165) is 39.1 Å². The van der Waals surface area contributed by atoms with Crippen molar-refractivity contribution < 1.29 is 40.2 Å². The number of allylic oxidation sites excluding steroid dienone is 2. The van der Waals surface area contributed by atoms with Crippen LogP contribution >= 0.6 is 35.4 Å². The molecule has 3 atom stereocenters. The van der Waals surface area contributed by atoms with E-state index in [9.17, 15) is 9.90 Å². The van der Waals surface area contributed by atoms with Gasteiger partial charge in [-0.2, -0.15) is 0 Å². The fraction of sp³-hybridized carbons (Fsp3) is 0.371. The number of ether oxygens (including phenoxy) is 1. The minimum absolute atomic E-state index is 0.00249. The number of rotatable bonds is 9. The predicted octanol–water partition coefficient (Wildman–Crippen LogP) is 1.74. The monoisotopic (exact) mass is 803 g/mol. The molecule has 0 bridgehead atoms. The number of carbonyl (C=O) groups excluding carboxylic acids is 1. The number of thiocarbonyl (C=S) groups is 1. The molecule has 2 aliphatic carbocycles. The third-order valence-corrected chi connectivity index (χ3v) is 13.1. The second-order valence-corrected chi connectivity index (χ2v) is 17.8. The molecule has 2 saturated carbocycles. The van der Waals surface area contributed by atoms with Gasteiger partial charge >= 0.3 is 218 Å². The third-order valence-electron chi connectivity index (χ3n) is 9.73. The van der Waals surface area contributed by atoms with E-state index in [1.165, 1.54) is 18.9 Å². The van der Waals surface area contributed by atoms with E-state index in [4.69, 9.17) is 55.9 Å². The van der Waals surface area contributed by atoms with Crippen LogP contribution in [-0.4, -0.2) is 38.6 Å². The van der Waals surface area contributed by atoms with Gasteiger partial charge in [0.1, 0.15) is 0 Å². The van der Waals surface area contributed by atoms with Gasteiger partial charge in [0.2, 0.25) is 0 Å². The first kappa shape index (κ1) is 31.6. The van der Waals surface area contributed by atoms with Crippen LogP contribution in [0, 0.1) is 17.7 Å². The zero-order valence-corrected chi connectivity index (χ0v) is 29.9. The van der Waals surface area contributed by atoms with E-state index in [2.05, 4.69) is 11.4 Å². The van der Waals surface area contributed by atoms with Gasteiger partial charge in [0.05, 0.1) is 16.1 Å². The molecule has 3 aliphatic heterocycles. The standard InChI is InChI=1S/C35H31Cl2FIN4O3S/c1-34(33(40)44)15-46-31-23(34)12-27(43-30(31)18-9-22(26-13-39-26)28(38)24(36)10-18)35(45,20-4-5-20)14-41-32(47)19-7-17-8-21(6-16-2-3-16)42-29(17)25(37)11-19/h6-12,16,20,26,45H,2-5,13-15H2,1H3,(H2,40,44)(H,41,47)/q-1/t26?,34-,35+/m0/s1. The number of alkyl halides is 2. The molecule has 0 radical (unpaired) electrons. The summed E-state index contributed by atoms with van der Waals surface area (Å²) in [5.41, 5.74) is 7.37. The van der Waals surface area contributed by atoms with Gasteiger partial charge in [-0.15, -0.1) is 0 Å². The number of halogens is 4.